The predicted molar refractivity (Wildman–Crippen MR) is 141 cm³/mol. The Labute approximate surface area is 213 Å². The van der Waals surface area contributed by atoms with Crippen molar-refractivity contribution in [3.05, 3.63) is 105 Å². The molecule has 0 spiro atoms. The zero-order chi connectivity index (χ0) is 24.4. The number of aromatic nitrogens is 2. The van der Waals surface area contributed by atoms with Gasteiger partial charge in [0.2, 0.25) is 5.91 Å². The molecule has 0 radical (unpaired) electrons. The van der Waals surface area contributed by atoms with Gasteiger partial charge in [0, 0.05) is 21.7 Å². The first-order valence-electron chi connectivity index (χ1n) is 10.5. The van der Waals surface area contributed by atoms with E-state index in [2.05, 4.69) is 5.32 Å². The van der Waals surface area contributed by atoms with Crippen LogP contribution in [0.25, 0.3) is 27.0 Å². The fourth-order valence-electron chi connectivity index (χ4n) is 3.58. The molecule has 5 rings (SSSR count). The molecule has 5 nitrogen and oxygen atoms in total. The molecule has 0 aliphatic carbocycles. The molecule has 0 aliphatic rings. The van der Waals surface area contributed by atoms with Gasteiger partial charge in [0.15, 0.2) is 5.16 Å². The zero-order valence-electron chi connectivity index (χ0n) is 18.1. The van der Waals surface area contributed by atoms with Gasteiger partial charge in [-0.05, 0) is 54.1 Å². The second-order valence-electron chi connectivity index (χ2n) is 7.55. The molecule has 1 amide bonds. The van der Waals surface area contributed by atoms with Crippen LogP contribution in [0, 0.1) is 5.82 Å². The smallest absolute Gasteiger partial charge is 0.268 e. The Morgan fingerprint density at radius 1 is 1.03 bits per heavy atom. The van der Waals surface area contributed by atoms with Crippen LogP contribution in [-0.2, 0) is 4.79 Å². The number of para-hydroxylation sites is 1. The lowest BCUT2D eigenvalue weighted by Crippen LogP contribution is -2.22. The average Bonchev–Trinajstić information content (AvgIpc) is 3.29. The van der Waals surface area contributed by atoms with Crippen LogP contribution in [0.2, 0.25) is 5.02 Å². The predicted octanol–water partition coefficient (Wildman–Crippen LogP) is 6.64. The second-order valence-corrected chi connectivity index (χ2v) is 9.79. The highest BCUT2D eigenvalue weighted by Gasteiger charge is 2.19. The lowest BCUT2D eigenvalue weighted by atomic mass is 10.1. The molecule has 1 N–H and O–H groups in total. The molecule has 9 heteroatoms. The van der Waals surface area contributed by atoms with Crippen LogP contribution in [0.1, 0.15) is 0 Å². The van der Waals surface area contributed by atoms with Crippen molar-refractivity contribution in [3.63, 3.8) is 0 Å². The number of carbonyl (C=O) groups excluding carboxylic acids is 1. The number of benzene rings is 3. The Hall–Kier alpha value is -3.46. The Bertz CT molecular complexity index is 1570. The maximum absolute atomic E-state index is 13.8. The number of hydrogen-bond donors (Lipinski definition) is 1. The topological polar surface area (TPSA) is 64.0 Å². The average molecular weight is 522 g/mol. The van der Waals surface area contributed by atoms with Crippen LogP contribution in [0.3, 0.4) is 0 Å². The summed E-state index contributed by atoms with van der Waals surface area (Å²) in [6, 6.07) is 22.1. The van der Waals surface area contributed by atoms with Crippen molar-refractivity contribution < 1.29 is 9.18 Å². The van der Waals surface area contributed by atoms with Crippen LogP contribution in [0.5, 0.6) is 0 Å². The Morgan fingerprint density at radius 2 is 1.74 bits per heavy atom. The van der Waals surface area contributed by atoms with Gasteiger partial charge in [-0.1, -0.05) is 53.7 Å². The van der Waals surface area contributed by atoms with E-state index in [0.29, 0.717) is 31.8 Å². The van der Waals surface area contributed by atoms with E-state index in [1.807, 2.05) is 47.8 Å². The number of rotatable bonds is 6. The number of hydrogen-bond acceptors (Lipinski definition) is 5. The van der Waals surface area contributed by atoms with Gasteiger partial charge in [-0.3, -0.25) is 14.2 Å². The monoisotopic (exact) mass is 521 g/mol. The largest absolute Gasteiger partial charge is 0.325 e. The number of amides is 1. The van der Waals surface area contributed by atoms with Gasteiger partial charge in [0.25, 0.3) is 5.56 Å². The molecule has 5 aromatic rings. The summed E-state index contributed by atoms with van der Waals surface area (Å²) >= 11 is 8.58. The number of nitrogens with one attached hydrogen (secondary N) is 1. The molecule has 0 atom stereocenters. The van der Waals surface area contributed by atoms with Crippen molar-refractivity contribution in [2.75, 3.05) is 11.1 Å². The van der Waals surface area contributed by atoms with Gasteiger partial charge in [-0.15, -0.1) is 11.3 Å². The van der Waals surface area contributed by atoms with E-state index in [0.717, 1.165) is 22.9 Å². The van der Waals surface area contributed by atoms with E-state index in [-0.39, 0.29) is 23.0 Å². The lowest BCUT2D eigenvalue weighted by Gasteiger charge is -2.13. The Kier molecular flexibility index (Phi) is 6.68. The number of halogens is 2. The minimum absolute atomic E-state index is 0.0254. The van der Waals surface area contributed by atoms with Crippen molar-refractivity contribution in [3.8, 4) is 16.8 Å². The van der Waals surface area contributed by atoms with Gasteiger partial charge in [-0.25, -0.2) is 9.37 Å². The molecule has 0 bridgehead atoms. The van der Waals surface area contributed by atoms with Crippen LogP contribution in [-0.4, -0.2) is 21.2 Å². The molecule has 0 saturated heterocycles. The summed E-state index contributed by atoms with van der Waals surface area (Å²) < 4.78 is 14.7. The highest BCUT2D eigenvalue weighted by Crippen LogP contribution is 2.33. The SMILES string of the molecule is O=C(CSc1nc2scc(-c3ccc(Cl)cc3)c2c(=O)n1-c1ccccc1)Nc1ccc(F)cc1. The standard InChI is InChI=1S/C26H17ClFN3O2S2/c27-17-8-6-16(7-9-17)21-14-34-24-23(21)25(33)31(20-4-2-1-3-5-20)26(30-24)35-15-22(32)29-19-12-10-18(28)11-13-19/h1-14H,15H2,(H,29,32). The number of anilines is 1. The summed E-state index contributed by atoms with van der Waals surface area (Å²) in [6.45, 7) is 0. The van der Waals surface area contributed by atoms with E-state index < -0.39 is 0 Å². The number of thiophene rings is 1. The Balaban J connectivity index is 1.53. The zero-order valence-corrected chi connectivity index (χ0v) is 20.5. The molecule has 35 heavy (non-hydrogen) atoms. The quantitative estimate of drug-likeness (QED) is 0.201. The molecule has 174 valence electrons. The summed E-state index contributed by atoms with van der Waals surface area (Å²) in [7, 11) is 0. The third-order valence-corrected chi connectivity index (χ3v) is 7.27. The van der Waals surface area contributed by atoms with E-state index in [9.17, 15) is 14.0 Å². The first kappa shape index (κ1) is 23.3. The first-order valence-corrected chi connectivity index (χ1v) is 12.8. The molecule has 2 heterocycles. The summed E-state index contributed by atoms with van der Waals surface area (Å²) in [5.41, 5.74) is 2.59. The molecule has 0 saturated carbocycles. The normalized spacial score (nSPS) is 11.0. The third-order valence-electron chi connectivity index (χ3n) is 5.21. The second kappa shape index (κ2) is 10.0. The van der Waals surface area contributed by atoms with E-state index in [1.165, 1.54) is 40.2 Å². The fourth-order valence-corrected chi connectivity index (χ4v) is 5.50. The van der Waals surface area contributed by atoms with Crippen LogP contribution >= 0.6 is 34.7 Å². The Morgan fingerprint density at radius 3 is 2.46 bits per heavy atom. The maximum atomic E-state index is 13.8. The third kappa shape index (κ3) is 5.00. The van der Waals surface area contributed by atoms with Crippen molar-refractivity contribution >= 4 is 56.5 Å². The van der Waals surface area contributed by atoms with Crippen LogP contribution in [0.15, 0.2) is 94.2 Å². The summed E-state index contributed by atoms with van der Waals surface area (Å²) in [4.78, 5) is 31.7. The molecular formula is C26H17ClFN3O2S2. The van der Waals surface area contributed by atoms with Crippen LogP contribution < -0.4 is 10.9 Å². The molecule has 0 fully saturated rings. The van der Waals surface area contributed by atoms with Crippen molar-refractivity contribution in [1.82, 2.24) is 9.55 Å². The number of fused-ring (bicyclic) bond motifs is 1. The van der Waals surface area contributed by atoms with Crippen LogP contribution in [0.4, 0.5) is 10.1 Å². The van der Waals surface area contributed by atoms with Gasteiger partial charge in [0.1, 0.15) is 10.6 Å². The minimum atomic E-state index is -0.379. The van der Waals surface area contributed by atoms with E-state index >= 15 is 0 Å². The summed E-state index contributed by atoms with van der Waals surface area (Å²) in [5, 5.41) is 6.18. The molecular weight excluding hydrogens is 505 g/mol. The number of carbonyl (C=O) groups is 1. The van der Waals surface area contributed by atoms with Crippen molar-refractivity contribution in [2.24, 2.45) is 0 Å². The number of nitrogens with zero attached hydrogens (tertiary/aromatic N) is 2. The van der Waals surface area contributed by atoms with Gasteiger partial charge in [0.05, 0.1) is 16.8 Å². The first-order chi connectivity index (χ1) is 17.0. The molecule has 0 unspecified atom stereocenters. The summed E-state index contributed by atoms with van der Waals surface area (Å²) in [6.07, 6.45) is 0. The van der Waals surface area contributed by atoms with Gasteiger partial charge in [-0.2, -0.15) is 0 Å². The summed E-state index contributed by atoms with van der Waals surface area (Å²) in [5.74, 6) is -0.642. The molecule has 0 aliphatic heterocycles. The lowest BCUT2D eigenvalue weighted by molar-refractivity contribution is -0.113. The van der Waals surface area contributed by atoms with Crippen molar-refractivity contribution in [1.29, 1.82) is 0 Å². The van der Waals surface area contributed by atoms with Gasteiger partial charge < -0.3 is 5.32 Å². The van der Waals surface area contributed by atoms with Crippen molar-refractivity contribution in [2.45, 2.75) is 5.16 Å². The molecule has 2 aromatic heterocycles. The highest BCUT2D eigenvalue weighted by atomic mass is 35.5. The maximum Gasteiger partial charge on any atom is 0.268 e. The highest BCUT2D eigenvalue weighted by molar-refractivity contribution is 7.99. The fraction of sp³-hybridized carbons (Fsp3) is 0.0385. The van der Waals surface area contributed by atoms with Gasteiger partial charge >= 0.3 is 0 Å². The number of thioether (sulfide) groups is 1. The minimum Gasteiger partial charge on any atom is -0.325 e. The van der Waals surface area contributed by atoms with E-state index in [1.54, 1.807) is 12.1 Å². The molecule has 3 aromatic carbocycles. The van der Waals surface area contributed by atoms with E-state index in [4.69, 9.17) is 16.6 Å².